The van der Waals surface area contributed by atoms with Gasteiger partial charge in [-0.1, -0.05) is 18.2 Å². The Bertz CT molecular complexity index is 1840. The molecule has 244 valence electrons. The molecule has 0 N–H and O–H groups in total. The van der Waals surface area contributed by atoms with E-state index in [1.54, 1.807) is 21.3 Å². The van der Waals surface area contributed by atoms with Gasteiger partial charge in [0.25, 0.3) is 0 Å². The van der Waals surface area contributed by atoms with E-state index in [4.69, 9.17) is 33.2 Å². The van der Waals surface area contributed by atoms with Crippen LogP contribution < -0.4 is 33.2 Å². The molecule has 4 aromatic carbocycles. The molecular weight excluding hydrogens is 596 g/mol. The number of rotatable bonds is 3. The van der Waals surface area contributed by atoms with Gasteiger partial charge in [-0.15, -0.1) is 0 Å². The van der Waals surface area contributed by atoms with Crippen LogP contribution in [0.2, 0.25) is 0 Å². The maximum absolute atomic E-state index is 7.05. The number of ether oxygens (including phenoxy) is 7. The second-order valence-corrected chi connectivity index (χ2v) is 12.8. The van der Waals surface area contributed by atoms with E-state index in [1.165, 1.54) is 16.7 Å². The third-order valence-corrected chi connectivity index (χ3v) is 10.2. The first-order chi connectivity index (χ1) is 22.9. The Balaban J connectivity index is 1.36. The maximum atomic E-state index is 7.05. The average Bonchev–Trinajstić information content (AvgIpc) is 3.59. The van der Waals surface area contributed by atoms with Gasteiger partial charge in [-0.2, -0.15) is 0 Å². The minimum absolute atomic E-state index is 0.0505. The summed E-state index contributed by atoms with van der Waals surface area (Å²) >= 11 is 0. The second-order valence-electron chi connectivity index (χ2n) is 12.8. The lowest BCUT2D eigenvalue weighted by Crippen LogP contribution is -2.34. The Hall–Kier alpha value is -4.60. The first-order valence-electron chi connectivity index (χ1n) is 16.2. The fourth-order valence-electron chi connectivity index (χ4n) is 7.60. The van der Waals surface area contributed by atoms with Gasteiger partial charge in [0.15, 0.2) is 34.5 Å². The Morgan fingerprint density at radius 2 is 1.36 bits per heavy atom. The SMILES string of the molecule is COc1cc2c3cc1Oc1c(OC)c(OC)cc4c1C(Cc1ccc(c5c1OCO5)Oc1ccc(cc1)CC3N(C)CC2)N(C)CC4. The first-order valence-corrected chi connectivity index (χ1v) is 16.2. The first kappa shape index (κ1) is 29.8. The molecule has 0 radical (unpaired) electrons. The van der Waals surface area contributed by atoms with Crippen molar-refractivity contribution < 1.29 is 33.2 Å². The van der Waals surface area contributed by atoms with Crippen molar-refractivity contribution in [1.29, 1.82) is 0 Å². The highest BCUT2D eigenvalue weighted by molar-refractivity contribution is 5.64. The van der Waals surface area contributed by atoms with Gasteiger partial charge >= 0.3 is 0 Å². The largest absolute Gasteiger partial charge is 0.493 e. The number of fused-ring (bicyclic) bond motifs is 1. The van der Waals surface area contributed by atoms with Gasteiger partial charge < -0.3 is 33.2 Å². The standard InChI is InChI=1S/C38H40N2O7/c1-39-14-12-23-18-31(41-3)32-20-27(23)28(39)16-22-6-9-26(10-7-22)46-30-11-8-25(35-37(30)45-21-44-35)17-29-34-24(13-15-40(29)2)19-33(42-4)36(43-5)38(34)47-32/h6-11,18-20,28-29H,12-17,21H2,1-5H3. The molecule has 6 aliphatic heterocycles. The molecule has 0 aliphatic carbocycles. The van der Waals surface area contributed by atoms with Crippen LogP contribution >= 0.6 is 0 Å². The Labute approximate surface area is 275 Å². The van der Waals surface area contributed by atoms with Crippen molar-refractivity contribution in [2.45, 2.75) is 37.8 Å². The molecule has 9 nitrogen and oxygen atoms in total. The Morgan fingerprint density at radius 1 is 0.638 bits per heavy atom. The second kappa shape index (κ2) is 11.9. The summed E-state index contributed by atoms with van der Waals surface area (Å²) in [6, 6.07) is 18.9. The minimum atomic E-state index is -0.0505. The highest BCUT2D eigenvalue weighted by Gasteiger charge is 2.36. The molecule has 9 heteroatoms. The summed E-state index contributed by atoms with van der Waals surface area (Å²) in [7, 11) is 9.38. The predicted molar refractivity (Wildman–Crippen MR) is 177 cm³/mol. The fourth-order valence-corrected chi connectivity index (χ4v) is 7.60. The van der Waals surface area contributed by atoms with Gasteiger partial charge in [-0.25, -0.2) is 0 Å². The van der Waals surface area contributed by atoms with Crippen LogP contribution in [0.4, 0.5) is 0 Å². The van der Waals surface area contributed by atoms with E-state index in [9.17, 15) is 0 Å². The molecule has 0 fully saturated rings. The van der Waals surface area contributed by atoms with E-state index in [0.29, 0.717) is 52.4 Å². The topological polar surface area (TPSA) is 71.1 Å². The van der Waals surface area contributed by atoms with Crippen molar-refractivity contribution in [1.82, 2.24) is 9.80 Å². The summed E-state index contributed by atoms with van der Waals surface area (Å²) in [5.74, 6) is 5.91. The Morgan fingerprint density at radius 3 is 2.13 bits per heavy atom. The summed E-state index contributed by atoms with van der Waals surface area (Å²) in [6.45, 7) is 1.97. The molecule has 0 amide bonds. The normalized spacial score (nSPS) is 19.9. The molecule has 10 rings (SSSR count). The highest BCUT2D eigenvalue weighted by atomic mass is 16.7. The lowest BCUT2D eigenvalue weighted by Gasteiger charge is -2.37. The van der Waals surface area contributed by atoms with Crippen molar-refractivity contribution in [2.75, 3.05) is 55.3 Å². The zero-order valence-electron chi connectivity index (χ0n) is 27.6. The van der Waals surface area contributed by atoms with Crippen LogP contribution in [0.5, 0.6) is 51.7 Å². The van der Waals surface area contributed by atoms with Gasteiger partial charge in [-0.3, -0.25) is 9.80 Å². The van der Waals surface area contributed by atoms with Crippen LogP contribution in [0.3, 0.4) is 0 Å². The highest BCUT2D eigenvalue weighted by Crippen LogP contribution is 2.53. The number of hydrogen-bond acceptors (Lipinski definition) is 9. The van der Waals surface area contributed by atoms with Crippen LogP contribution in [-0.2, 0) is 25.7 Å². The predicted octanol–water partition coefficient (Wildman–Crippen LogP) is 6.88. The molecule has 0 saturated heterocycles. The minimum Gasteiger partial charge on any atom is -0.493 e. The van der Waals surface area contributed by atoms with Gasteiger partial charge in [-0.05, 0) is 98.4 Å². The summed E-state index contributed by atoms with van der Waals surface area (Å²) < 4.78 is 43.4. The van der Waals surface area contributed by atoms with Gasteiger partial charge in [0.1, 0.15) is 5.75 Å². The molecule has 0 saturated carbocycles. The molecule has 6 heterocycles. The summed E-state index contributed by atoms with van der Waals surface area (Å²) in [5, 5.41) is 0. The third-order valence-electron chi connectivity index (χ3n) is 10.2. The molecule has 6 aliphatic rings. The van der Waals surface area contributed by atoms with Crippen LogP contribution in [0.15, 0.2) is 54.6 Å². The monoisotopic (exact) mass is 636 g/mol. The van der Waals surface area contributed by atoms with E-state index >= 15 is 0 Å². The van der Waals surface area contributed by atoms with E-state index in [1.807, 2.05) is 18.2 Å². The average molecular weight is 637 g/mol. The number of likely N-dealkylation sites (N-methyl/N-ethyl adjacent to an activating group) is 2. The summed E-state index contributed by atoms with van der Waals surface area (Å²) in [5.41, 5.74) is 6.98. The van der Waals surface area contributed by atoms with Crippen molar-refractivity contribution in [3.8, 4) is 51.7 Å². The zero-order chi connectivity index (χ0) is 32.2. The number of hydrogen-bond donors (Lipinski definition) is 0. The van der Waals surface area contributed by atoms with Crippen LogP contribution in [-0.4, -0.2) is 65.1 Å². The lowest BCUT2D eigenvalue weighted by molar-refractivity contribution is 0.170. The van der Waals surface area contributed by atoms with Crippen LogP contribution in [0.1, 0.15) is 45.5 Å². The smallest absolute Gasteiger partial charge is 0.231 e. The van der Waals surface area contributed by atoms with Gasteiger partial charge in [0.05, 0.1) is 21.3 Å². The van der Waals surface area contributed by atoms with E-state index in [2.05, 4.69) is 60.3 Å². The third kappa shape index (κ3) is 5.09. The van der Waals surface area contributed by atoms with E-state index in [-0.39, 0.29) is 18.9 Å². The van der Waals surface area contributed by atoms with E-state index in [0.717, 1.165) is 54.8 Å². The Kier molecular flexibility index (Phi) is 7.53. The molecule has 0 aromatic heterocycles. The molecule has 2 unspecified atom stereocenters. The zero-order valence-corrected chi connectivity index (χ0v) is 27.6. The lowest BCUT2D eigenvalue weighted by atomic mass is 9.87. The number of methoxy groups -OCH3 is 3. The summed E-state index contributed by atoms with van der Waals surface area (Å²) in [4.78, 5) is 4.79. The quantitative estimate of drug-likeness (QED) is 0.239. The maximum Gasteiger partial charge on any atom is 0.231 e. The van der Waals surface area contributed by atoms with Crippen molar-refractivity contribution >= 4 is 0 Å². The molecule has 47 heavy (non-hydrogen) atoms. The molecule has 6 bridgehead atoms. The number of benzene rings is 4. The summed E-state index contributed by atoms with van der Waals surface area (Å²) in [6.07, 6.45) is 3.27. The molecular formula is C38H40N2O7. The van der Waals surface area contributed by atoms with Crippen molar-refractivity contribution in [3.05, 3.63) is 88.0 Å². The molecule has 0 spiro atoms. The van der Waals surface area contributed by atoms with Crippen LogP contribution in [0, 0.1) is 0 Å². The van der Waals surface area contributed by atoms with Gasteiger partial charge in [0, 0.05) is 36.3 Å². The fraction of sp³-hybridized carbons (Fsp3) is 0.368. The van der Waals surface area contributed by atoms with Crippen molar-refractivity contribution in [3.63, 3.8) is 0 Å². The molecule has 2 atom stereocenters. The van der Waals surface area contributed by atoms with E-state index < -0.39 is 0 Å². The van der Waals surface area contributed by atoms with Gasteiger partial charge in [0.2, 0.25) is 18.3 Å². The number of nitrogens with zero attached hydrogens (tertiary/aromatic N) is 2. The van der Waals surface area contributed by atoms with Crippen molar-refractivity contribution in [2.24, 2.45) is 0 Å². The van der Waals surface area contributed by atoms with Crippen LogP contribution in [0.25, 0.3) is 0 Å². The molecule has 4 aromatic rings.